The van der Waals surface area contributed by atoms with Crippen LogP contribution in [0.3, 0.4) is 0 Å². The van der Waals surface area contributed by atoms with E-state index in [0.717, 1.165) is 30.8 Å². The quantitative estimate of drug-likeness (QED) is 0.831. The van der Waals surface area contributed by atoms with E-state index in [4.69, 9.17) is 0 Å². The van der Waals surface area contributed by atoms with Gasteiger partial charge < -0.3 is 5.32 Å². The van der Waals surface area contributed by atoms with Gasteiger partial charge in [-0.2, -0.15) is 8.78 Å². The molecule has 1 unspecified atom stereocenters. The summed E-state index contributed by atoms with van der Waals surface area (Å²) in [6, 6.07) is 9.76. The molecule has 9 heteroatoms. The Bertz CT molecular complexity index is 805. The van der Waals surface area contributed by atoms with Crippen molar-refractivity contribution in [1.29, 1.82) is 0 Å². The normalized spacial score (nSPS) is 18.5. The Balaban J connectivity index is 0.00000243. The highest BCUT2D eigenvalue weighted by atomic mass is 35.5. The molecular formula is C17H20ClF2N3O2S. The summed E-state index contributed by atoms with van der Waals surface area (Å²) < 4.78 is 48.2. The Morgan fingerprint density at radius 2 is 1.96 bits per heavy atom. The van der Waals surface area contributed by atoms with Gasteiger partial charge in [0.15, 0.2) is 0 Å². The molecule has 0 aliphatic carbocycles. The van der Waals surface area contributed by atoms with Crippen molar-refractivity contribution in [1.82, 2.24) is 15.2 Å². The van der Waals surface area contributed by atoms with Gasteiger partial charge in [-0.1, -0.05) is 18.2 Å². The van der Waals surface area contributed by atoms with E-state index in [1.165, 1.54) is 12.1 Å². The number of halogens is 3. The van der Waals surface area contributed by atoms with E-state index in [-0.39, 0.29) is 23.3 Å². The van der Waals surface area contributed by atoms with Crippen molar-refractivity contribution in [3.05, 3.63) is 59.9 Å². The smallest absolute Gasteiger partial charge is 0.314 e. The van der Waals surface area contributed by atoms with Crippen LogP contribution in [0.5, 0.6) is 0 Å². The van der Waals surface area contributed by atoms with E-state index in [2.05, 4.69) is 15.2 Å². The summed E-state index contributed by atoms with van der Waals surface area (Å²) in [7, 11) is -4.55. The van der Waals surface area contributed by atoms with Crippen molar-refractivity contribution in [3.8, 4) is 0 Å². The predicted molar refractivity (Wildman–Crippen MR) is 97.1 cm³/mol. The number of hydrogen-bond donors (Lipinski definition) is 1. The third-order valence-electron chi connectivity index (χ3n) is 4.30. The number of hydrogen-bond acceptors (Lipinski definition) is 5. The Kier molecular flexibility index (Phi) is 7.05. The van der Waals surface area contributed by atoms with Gasteiger partial charge in [0, 0.05) is 44.6 Å². The molecule has 5 nitrogen and oxygen atoms in total. The monoisotopic (exact) mass is 403 g/mol. The molecule has 142 valence electrons. The van der Waals surface area contributed by atoms with Gasteiger partial charge in [0.05, 0.1) is 4.90 Å². The molecule has 1 N–H and O–H groups in total. The summed E-state index contributed by atoms with van der Waals surface area (Å²) >= 11 is 0. The van der Waals surface area contributed by atoms with Crippen LogP contribution >= 0.6 is 12.4 Å². The zero-order valence-corrected chi connectivity index (χ0v) is 15.5. The number of nitrogens with zero attached hydrogens (tertiary/aromatic N) is 2. The molecule has 0 saturated carbocycles. The van der Waals surface area contributed by atoms with Crippen LogP contribution in [0.25, 0.3) is 0 Å². The molecule has 0 radical (unpaired) electrons. The van der Waals surface area contributed by atoms with Crippen molar-refractivity contribution in [3.63, 3.8) is 0 Å². The van der Waals surface area contributed by atoms with E-state index in [1.54, 1.807) is 18.3 Å². The van der Waals surface area contributed by atoms with E-state index < -0.39 is 15.6 Å². The van der Waals surface area contributed by atoms with Crippen molar-refractivity contribution in [2.45, 2.75) is 23.2 Å². The summed E-state index contributed by atoms with van der Waals surface area (Å²) in [6.45, 7) is 3.09. The van der Waals surface area contributed by atoms with Gasteiger partial charge in [0.2, 0.25) is 9.84 Å². The Morgan fingerprint density at radius 1 is 1.23 bits per heavy atom. The lowest BCUT2D eigenvalue weighted by atomic mass is 10.0. The second-order valence-electron chi connectivity index (χ2n) is 5.93. The van der Waals surface area contributed by atoms with Gasteiger partial charge in [-0.15, -0.1) is 12.4 Å². The molecule has 1 aliphatic rings. The number of piperazine rings is 1. The molecule has 26 heavy (non-hydrogen) atoms. The third-order valence-corrected chi connectivity index (χ3v) is 5.69. The largest absolute Gasteiger partial charge is 0.341 e. The first-order valence-electron chi connectivity index (χ1n) is 7.94. The Morgan fingerprint density at radius 3 is 2.58 bits per heavy atom. The molecule has 0 bridgehead atoms. The zero-order chi connectivity index (χ0) is 17.9. The van der Waals surface area contributed by atoms with E-state index in [9.17, 15) is 17.2 Å². The molecule has 1 aromatic heterocycles. The summed E-state index contributed by atoms with van der Waals surface area (Å²) in [5, 5.41) is 3.36. The maximum Gasteiger partial charge on any atom is 0.341 e. The van der Waals surface area contributed by atoms with Crippen LogP contribution in [0.4, 0.5) is 8.78 Å². The van der Waals surface area contributed by atoms with Crippen molar-refractivity contribution in [2.24, 2.45) is 0 Å². The van der Waals surface area contributed by atoms with E-state index in [0.29, 0.717) is 6.54 Å². The van der Waals surface area contributed by atoms with E-state index >= 15 is 0 Å². The zero-order valence-electron chi connectivity index (χ0n) is 13.9. The topological polar surface area (TPSA) is 62.3 Å². The first kappa shape index (κ1) is 20.7. The molecule has 0 amide bonds. The maximum atomic E-state index is 12.6. The lowest BCUT2D eigenvalue weighted by Crippen LogP contribution is -2.45. The molecule has 1 atom stereocenters. The third kappa shape index (κ3) is 4.56. The van der Waals surface area contributed by atoms with Gasteiger partial charge in [0.1, 0.15) is 0 Å². The fourth-order valence-electron chi connectivity index (χ4n) is 2.96. The maximum absolute atomic E-state index is 12.6. The fraction of sp³-hybridized carbons (Fsp3) is 0.353. The lowest BCUT2D eigenvalue weighted by molar-refractivity contribution is 0.153. The van der Waals surface area contributed by atoms with Gasteiger partial charge in [-0.3, -0.25) is 9.88 Å². The second-order valence-corrected chi connectivity index (χ2v) is 7.84. The number of alkyl halides is 2. The minimum atomic E-state index is -4.55. The van der Waals surface area contributed by atoms with Crippen LogP contribution in [0.15, 0.2) is 53.7 Å². The average molecular weight is 404 g/mol. The van der Waals surface area contributed by atoms with Crippen molar-refractivity contribution < 1.29 is 17.2 Å². The summed E-state index contributed by atoms with van der Waals surface area (Å²) in [4.78, 5) is 6.08. The number of pyridine rings is 1. The standard InChI is InChI=1S/C17H19F2N3O2S.ClH/c18-17(19)25(23,24)15-5-3-13(4-6-15)12-22-9-8-21-11-16(22)14-2-1-7-20-10-14;/h1-7,10,16-17,21H,8-9,11-12H2;1H. The number of benzene rings is 1. The first-order chi connectivity index (χ1) is 12.0. The summed E-state index contributed by atoms with van der Waals surface area (Å²) in [6.07, 6.45) is 3.56. The molecule has 1 aliphatic heterocycles. The molecule has 1 fully saturated rings. The van der Waals surface area contributed by atoms with Gasteiger partial charge >= 0.3 is 5.76 Å². The molecule has 3 rings (SSSR count). The molecule has 1 aromatic carbocycles. The highest BCUT2D eigenvalue weighted by Crippen LogP contribution is 2.24. The summed E-state index contributed by atoms with van der Waals surface area (Å²) in [5.41, 5.74) is 1.98. The van der Waals surface area contributed by atoms with Crippen molar-refractivity contribution >= 4 is 22.2 Å². The SMILES string of the molecule is Cl.O=S(=O)(c1ccc(CN2CCNCC2c2cccnc2)cc1)C(F)F. The van der Waals surface area contributed by atoms with Crippen molar-refractivity contribution in [2.75, 3.05) is 19.6 Å². The average Bonchev–Trinajstić information content (AvgIpc) is 2.63. The first-order valence-corrected chi connectivity index (χ1v) is 9.49. The number of aromatic nitrogens is 1. The minimum Gasteiger partial charge on any atom is -0.314 e. The molecule has 2 aromatic rings. The Hall–Kier alpha value is -1.61. The lowest BCUT2D eigenvalue weighted by Gasteiger charge is -2.36. The van der Waals surface area contributed by atoms with Gasteiger partial charge in [0.25, 0.3) is 0 Å². The van der Waals surface area contributed by atoms with E-state index in [1.807, 2.05) is 18.3 Å². The Labute approximate surface area is 157 Å². The molecule has 2 heterocycles. The minimum absolute atomic E-state index is 0. The van der Waals surface area contributed by atoms with Crippen LogP contribution in [-0.2, 0) is 16.4 Å². The predicted octanol–water partition coefficient (Wildman–Crippen LogP) is 2.65. The van der Waals surface area contributed by atoms with Crippen LogP contribution < -0.4 is 5.32 Å². The summed E-state index contributed by atoms with van der Waals surface area (Å²) in [5.74, 6) is -3.40. The number of nitrogens with one attached hydrogen (secondary N) is 1. The molecule has 1 saturated heterocycles. The van der Waals surface area contributed by atoms with Gasteiger partial charge in [-0.25, -0.2) is 8.42 Å². The van der Waals surface area contributed by atoms with Gasteiger partial charge in [-0.05, 0) is 29.3 Å². The van der Waals surface area contributed by atoms with Crippen LogP contribution in [0.1, 0.15) is 17.2 Å². The molecular weight excluding hydrogens is 384 g/mol. The fourth-order valence-corrected chi connectivity index (χ4v) is 3.68. The van der Waals surface area contributed by atoms with Crippen LogP contribution in [0, 0.1) is 0 Å². The molecule has 0 spiro atoms. The highest BCUT2D eigenvalue weighted by molar-refractivity contribution is 7.91. The second kappa shape index (κ2) is 8.85. The number of sulfone groups is 1. The highest BCUT2D eigenvalue weighted by Gasteiger charge is 2.27. The number of rotatable bonds is 5. The van der Waals surface area contributed by atoms with Crippen LogP contribution in [-0.4, -0.2) is 43.7 Å². The van der Waals surface area contributed by atoms with Crippen LogP contribution in [0.2, 0.25) is 0 Å².